The van der Waals surface area contributed by atoms with Crippen LogP contribution in [-0.2, 0) is 27.9 Å². The van der Waals surface area contributed by atoms with Gasteiger partial charge in [0.2, 0.25) is 0 Å². The van der Waals surface area contributed by atoms with Gasteiger partial charge in [0, 0.05) is 11.4 Å². The predicted octanol–water partition coefficient (Wildman–Crippen LogP) is 10.4. The Balaban J connectivity index is 0.000000649. The van der Waals surface area contributed by atoms with E-state index in [1.807, 2.05) is 6.07 Å². The Hall–Kier alpha value is -2.70. The maximum atomic E-state index is 10.3. The zero-order chi connectivity index (χ0) is 29.9. The van der Waals surface area contributed by atoms with Crippen LogP contribution < -0.4 is 5.11 Å². The van der Waals surface area contributed by atoms with Gasteiger partial charge < -0.3 is 15.7 Å². The van der Waals surface area contributed by atoms with Crippen LogP contribution in [-0.4, -0.2) is 10.3 Å². The molecular formula is C34H40Cl2CoN3O. The van der Waals surface area contributed by atoms with E-state index < -0.39 is 11.1 Å². The monoisotopic (exact) mass is 635 g/mol. The Morgan fingerprint density at radius 3 is 1.20 bits per heavy atom. The van der Waals surface area contributed by atoms with Crippen LogP contribution in [0.3, 0.4) is 0 Å². The van der Waals surface area contributed by atoms with Crippen LogP contribution in [0.15, 0.2) is 84.9 Å². The molecule has 0 spiro atoms. The topological polar surface area (TPSA) is 64.2 Å². The summed E-state index contributed by atoms with van der Waals surface area (Å²) < 4.78 is 0. The van der Waals surface area contributed by atoms with Crippen LogP contribution in [0.25, 0.3) is 10.6 Å². The number of nitrogens with zero attached hydrogens (tertiary/aromatic N) is 3. The van der Waals surface area contributed by atoms with E-state index in [2.05, 4.69) is 110 Å². The van der Waals surface area contributed by atoms with Gasteiger partial charge in [-0.3, -0.25) is 4.98 Å². The zero-order valence-electron chi connectivity index (χ0n) is 25.1. The Labute approximate surface area is 267 Å². The van der Waals surface area contributed by atoms with Crippen LogP contribution in [0.5, 0.6) is 5.75 Å². The molecule has 0 saturated heterocycles. The molecule has 1 heterocycles. The molecule has 0 aliphatic heterocycles. The van der Waals surface area contributed by atoms with Crippen LogP contribution in [0.1, 0.15) is 61.3 Å². The van der Waals surface area contributed by atoms with Gasteiger partial charge in [-0.2, -0.15) is 0 Å². The van der Waals surface area contributed by atoms with Crippen molar-refractivity contribution in [1.29, 1.82) is 0 Å². The van der Waals surface area contributed by atoms with Crippen molar-refractivity contribution in [2.45, 2.75) is 66.5 Å². The van der Waals surface area contributed by atoms with Crippen molar-refractivity contribution in [1.82, 2.24) is 4.98 Å². The molecule has 3 aromatic carbocycles. The van der Waals surface area contributed by atoms with E-state index >= 15 is 0 Å². The molecule has 0 bridgehead atoms. The number of rotatable bonds is 6. The molecule has 41 heavy (non-hydrogen) atoms. The van der Waals surface area contributed by atoms with Crippen molar-refractivity contribution in [2.75, 3.05) is 5.34 Å². The minimum absolute atomic E-state index is 0. The van der Waals surface area contributed by atoms with Crippen molar-refractivity contribution in [3.63, 3.8) is 0 Å². The summed E-state index contributed by atoms with van der Waals surface area (Å²) in [5, 5.41) is 20.7. The van der Waals surface area contributed by atoms with E-state index in [0.717, 1.165) is 22.8 Å². The molecule has 0 saturated carbocycles. The summed E-state index contributed by atoms with van der Waals surface area (Å²) in [5.74, 6) is 0.0718. The molecule has 4 aromatic rings. The van der Waals surface area contributed by atoms with E-state index in [9.17, 15) is 5.11 Å². The summed E-state index contributed by atoms with van der Waals surface area (Å²) in [5.41, 5.74) is 7.86. The van der Waals surface area contributed by atoms with Crippen LogP contribution in [0.4, 0.5) is 11.4 Å². The zero-order valence-corrected chi connectivity index (χ0v) is 27.7. The van der Waals surface area contributed by atoms with Crippen LogP contribution in [0.2, 0.25) is 0 Å². The Kier molecular flexibility index (Phi) is 14.8. The second kappa shape index (κ2) is 16.7. The number of benzene rings is 3. The van der Waals surface area contributed by atoms with Gasteiger partial charge in [-0.05, 0) is 39.8 Å². The number of pyridine rings is 1. The van der Waals surface area contributed by atoms with E-state index in [1.54, 1.807) is 12.1 Å². The molecule has 0 atom stereocenters. The molecule has 0 aliphatic rings. The van der Waals surface area contributed by atoms with Crippen molar-refractivity contribution >= 4 is 34.6 Å². The predicted molar refractivity (Wildman–Crippen MR) is 171 cm³/mol. The second-order valence-corrected chi connectivity index (χ2v) is 11.5. The van der Waals surface area contributed by atoms with Crippen molar-refractivity contribution in [2.24, 2.45) is 0 Å². The first-order chi connectivity index (χ1) is 18.8. The first-order valence-corrected chi connectivity index (χ1v) is 14.3. The van der Waals surface area contributed by atoms with Crippen LogP contribution >= 0.6 is 23.2 Å². The average Bonchev–Trinajstić information content (AvgIpc) is 2.90. The van der Waals surface area contributed by atoms with Crippen LogP contribution in [0, 0.1) is 27.7 Å². The van der Waals surface area contributed by atoms with Gasteiger partial charge in [0.1, 0.15) is 0 Å². The summed E-state index contributed by atoms with van der Waals surface area (Å²) in [6, 6.07) is 27.1. The minimum atomic E-state index is -0.443. The largest absolute Gasteiger partial charge is 3.00 e. The first kappa shape index (κ1) is 36.3. The number of hydrogen-bond donors (Lipinski definition) is 0. The Bertz CT molecular complexity index is 1240. The molecule has 4 nitrogen and oxygen atoms in total. The third-order valence-corrected chi connectivity index (χ3v) is 6.41. The molecule has 4 rings (SSSR count). The van der Waals surface area contributed by atoms with Gasteiger partial charge >= 0.3 is 16.8 Å². The maximum absolute atomic E-state index is 10.3. The van der Waals surface area contributed by atoms with Gasteiger partial charge in [0.25, 0.3) is 0 Å². The summed E-state index contributed by atoms with van der Waals surface area (Å²) >= 11 is 9.53. The van der Waals surface area contributed by atoms with Crippen molar-refractivity contribution in [3.05, 3.63) is 129 Å². The van der Waals surface area contributed by atoms with E-state index in [-0.39, 0.29) is 27.9 Å². The van der Waals surface area contributed by atoms with Gasteiger partial charge in [-0.25, -0.2) is 0 Å². The second-order valence-electron chi connectivity index (χ2n) is 10.6. The van der Waals surface area contributed by atoms with Crippen molar-refractivity contribution < 1.29 is 21.9 Å². The summed E-state index contributed by atoms with van der Waals surface area (Å²) in [4.78, 5) is 5.04. The first-order valence-electron chi connectivity index (χ1n) is 13.2. The fraction of sp³-hybridized carbons (Fsp3) is 0.324. The third-order valence-electron chi connectivity index (χ3n) is 6.41. The summed E-state index contributed by atoms with van der Waals surface area (Å²) in [6.07, 6.45) is 0. The number of para-hydroxylation sites is 3. The van der Waals surface area contributed by atoms with E-state index in [1.165, 1.54) is 34.4 Å². The fourth-order valence-electron chi connectivity index (χ4n) is 4.17. The minimum Gasteiger partial charge on any atom is -0.872 e. The van der Waals surface area contributed by atoms with Gasteiger partial charge in [0.15, 0.2) is 0 Å². The molecule has 7 heteroatoms. The molecule has 0 unspecified atom stereocenters. The molecule has 0 N–H and O–H groups in total. The quantitative estimate of drug-likeness (QED) is 0.198. The third kappa shape index (κ3) is 10.9. The number of hydrogen-bond acceptors (Lipinski definition) is 2. The summed E-state index contributed by atoms with van der Waals surface area (Å²) in [6.45, 7) is 16.9. The molecular weight excluding hydrogens is 596 g/mol. The van der Waals surface area contributed by atoms with E-state index in [0.29, 0.717) is 0 Å². The SMILES string of the molecule is Cc1cccc(C)c1[N-]C(C)(C)c1cccc(C(C)(C)[N-]c2c(C)cccc2C)n1.ClCCl.[Co+3].[O-]c1ccccc1. The molecule has 0 radical (unpaired) electrons. The average molecular weight is 637 g/mol. The molecule has 0 amide bonds. The normalized spacial score (nSPS) is 10.7. The van der Waals surface area contributed by atoms with Crippen molar-refractivity contribution in [3.8, 4) is 5.75 Å². The smallest absolute Gasteiger partial charge is 0.872 e. The molecule has 0 aliphatic carbocycles. The Morgan fingerprint density at radius 2 is 0.902 bits per heavy atom. The molecule has 0 fully saturated rings. The number of alkyl halides is 2. The van der Waals surface area contributed by atoms with Gasteiger partial charge in [-0.15, -0.1) is 40.3 Å². The molecule has 1 aromatic heterocycles. The number of halogens is 2. The number of aryl methyl sites for hydroxylation is 4. The standard InChI is InChI=1S/C27H33N3.C6H6O.CH2Cl2.Co/c1-18-12-9-13-19(2)24(18)29-26(5,6)22-16-11-17-23(28-22)27(7,8)30-25-20(3)14-10-15-21(25)4;7-6-4-2-1-3-5-6;2-1-3;/h9-17H,1-8H3;1-5,7H;1H2;/q-2;;;+3/p-1. The number of aromatic nitrogens is 1. The maximum Gasteiger partial charge on any atom is 3.00 e. The van der Waals surface area contributed by atoms with Gasteiger partial charge in [0.05, 0.1) is 5.34 Å². The summed E-state index contributed by atoms with van der Waals surface area (Å²) in [7, 11) is 0. The van der Waals surface area contributed by atoms with Gasteiger partial charge in [-0.1, -0.05) is 134 Å². The van der Waals surface area contributed by atoms with E-state index in [4.69, 9.17) is 38.8 Å². The fourth-order valence-corrected chi connectivity index (χ4v) is 4.17. The molecule has 220 valence electrons. The Morgan fingerprint density at radius 1 is 0.585 bits per heavy atom.